The highest BCUT2D eigenvalue weighted by Crippen LogP contribution is 1.97. The maximum atomic E-state index is 10.7. The Morgan fingerprint density at radius 2 is 1.55 bits per heavy atom. The number of aliphatic carboxylic acids is 1. The third-order valence-electron chi connectivity index (χ3n) is 2.11. The van der Waals surface area contributed by atoms with Gasteiger partial charge < -0.3 is 14.6 Å². The van der Waals surface area contributed by atoms with E-state index in [1.54, 1.807) is 6.92 Å². The lowest BCUT2D eigenvalue weighted by molar-refractivity contribution is -0.139. The predicted octanol–water partition coefficient (Wildman–Crippen LogP) is 3.00. The Labute approximate surface area is 131 Å². The number of carboxylic acids is 1. The van der Waals surface area contributed by atoms with E-state index in [4.69, 9.17) is 9.84 Å². The summed E-state index contributed by atoms with van der Waals surface area (Å²) in [4.78, 5) is 31.6. The van der Waals surface area contributed by atoms with Crippen LogP contribution in [0.25, 0.3) is 0 Å². The molecular formula is C16H24O6. The van der Waals surface area contributed by atoms with Crippen molar-refractivity contribution in [1.82, 2.24) is 0 Å². The minimum absolute atomic E-state index is 0.0374. The molecule has 0 aliphatic carbocycles. The number of hydrogen-bond acceptors (Lipinski definition) is 5. The number of carbonyl (C=O) groups excluding carboxylic acids is 2. The zero-order valence-electron chi connectivity index (χ0n) is 13.6. The van der Waals surface area contributed by atoms with Crippen LogP contribution in [0.2, 0.25) is 0 Å². The van der Waals surface area contributed by atoms with Gasteiger partial charge in [-0.1, -0.05) is 26.5 Å². The summed E-state index contributed by atoms with van der Waals surface area (Å²) < 4.78 is 9.25. The van der Waals surface area contributed by atoms with Gasteiger partial charge in [0.1, 0.15) is 6.26 Å². The zero-order chi connectivity index (χ0) is 17.7. The van der Waals surface area contributed by atoms with Crippen molar-refractivity contribution in [2.45, 2.75) is 40.5 Å². The van der Waals surface area contributed by atoms with Crippen molar-refractivity contribution < 1.29 is 29.0 Å². The Kier molecular flexibility index (Phi) is 12.3. The van der Waals surface area contributed by atoms with Crippen molar-refractivity contribution in [3.63, 3.8) is 0 Å². The molecule has 6 nitrogen and oxygen atoms in total. The molecule has 0 bridgehead atoms. The molecule has 0 aliphatic rings. The van der Waals surface area contributed by atoms with Gasteiger partial charge in [-0.3, -0.25) is 0 Å². The second-order valence-corrected chi connectivity index (χ2v) is 4.56. The van der Waals surface area contributed by atoms with Gasteiger partial charge in [-0.05, 0) is 27.2 Å². The third-order valence-corrected chi connectivity index (χ3v) is 2.11. The van der Waals surface area contributed by atoms with Gasteiger partial charge in [-0.2, -0.15) is 0 Å². The van der Waals surface area contributed by atoms with Crippen LogP contribution >= 0.6 is 0 Å². The van der Waals surface area contributed by atoms with Crippen molar-refractivity contribution in [1.29, 1.82) is 0 Å². The fourth-order valence-corrected chi connectivity index (χ4v) is 0.725. The minimum atomic E-state index is -1.12. The summed E-state index contributed by atoms with van der Waals surface area (Å²) in [6.45, 7) is 13.8. The molecule has 0 fully saturated rings. The van der Waals surface area contributed by atoms with Crippen LogP contribution in [0.3, 0.4) is 0 Å². The van der Waals surface area contributed by atoms with Gasteiger partial charge in [0.25, 0.3) is 0 Å². The molecule has 0 saturated heterocycles. The van der Waals surface area contributed by atoms with Crippen molar-refractivity contribution in [3.8, 4) is 0 Å². The molecule has 0 heterocycles. The average Bonchev–Trinajstić information content (AvgIpc) is 2.44. The molecule has 0 amide bonds. The zero-order valence-corrected chi connectivity index (χ0v) is 13.6. The largest absolute Gasteiger partial charge is 0.478 e. The number of hydrogen-bond donors (Lipinski definition) is 1. The van der Waals surface area contributed by atoms with Crippen molar-refractivity contribution in [2.75, 3.05) is 6.61 Å². The van der Waals surface area contributed by atoms with E-state index in [-0.39, 0.29) is 17.1 Å². The van der Waals surface area contributed by atoms with Crippen molar-refractivity contribution >= 4 is 17.9 Å². The fraction of sp³-hybridized carbons (Fsp3) is 0.438. The molecule has 0 atom stereocenters. The lowest BCUT2D eigenvalue weighted by Crippen LogP contribution is -2.05. The second-order valence-electron chi connectivity index (χ2n) is 4.56. The number of ether oxygens (including phenoxy) is 2. The number of unbranched alkanes of at least 4 members (excludes halogenated alkanes) is 1. The fourth-order valence-electron chi connectivity index (χ4n) is 0.725. The maximum absolute atomic E-state index is 10.7. The standard InChI is InChI=1S/C8H10O4.C8H14O2/c1-5(2)8(11)12-4-6(3)7(9)10;1-4-5-6-10-8(9)7(2)3/h4H,1H2,2-3H3,(H,9,10);2,4-6H2,1,3H3. The topological polar surface area (TPSA) is 89.9 Å². The summed E-state index contributed by atoms with van der Waals surface area (Å²) in [6, 6.07) is 0. The maximum Gasteiger partial charge on any atom is 0.337 e. The van der Waals surface area contributed by atoms with Crippen molar-refractivity contribution in [3.05, 3.63) is 36.1 Å². The molecule has 22 heavy (non-hydrogen) atoms. The molecule has 124 valence electrons. The Morgan fingerprint density at radius 3 is 1.91 bits per heavy atom. The smallest absolute Gasteiger partial charge is 0.337 e. The highest BCUT2D eigenvalue weighted by molar-refractivity contribution is 5.89. The molecule has 0 aromatic rings. The molecule has 0 spiro atoms. The summed E-state index contributed by atoms with van der Waals surface area (Å²) in [5.74, 6) is -2.03. The Morgan fingerprint density at radius 1 is 1.05 bits per heavy atom. The molecule has 0 aromatic heterocycles. The summed E-state index contributed by atoms with van der Waals surface area (Å²) in [5, 5.41) is 8.35. The van der Waals surface area contributed by atoms with E-state index in [1.165, 1.54) is 13.8 Å². The van der Waals surface area contributed by atoms with Crippen LogP contribution in [0.5, 0.6) is 0 Å². The molecule has 0 saturated carbocycles. The highest BCUT2D eigenvalue weighted by atomic mass is 16.5. The lowest BCUT2D eigenvalue weighted by atomic mass is 10.3. The van der Waals surface area contributed by atoms with Crippen LogP contribution in [0, 0.1) is 0 Å². The van der Waals surface area contributed by atoms with Gasteiger partial charge in [0.05, 0.1) is 12.2 Å². The van der Waals surface area contributed by atoms with Gasteiger partial charge in [0, 0.05) is 11.1 Å². The number of esters is 2. The molecule has 0 unspecified atom stereocenters. The first kappa shape index (κ1) is 21.9. The molecule has 0 rings (SSSR count). The Balaban J connectivity index is 0. The summed E-state index contributed by atoms with van der Waals surface area (Å²) in [7, 11) is 0. The number of rotatable bonds is 7. The Bertz CT molecular complexity index is 459. The predicted molar refractivity (Wildman–Crippen MR) is 83.0 cm³/mol. The molecule has 0 aliphatic heterocycles. The van der Waals surface area contributed by atoms with Crippen LogP contribution in [0.1, 0.15) is 40.5 Å². The van der Waals surface area contributed by atoms with Gasteiger partial charge in [-0.25, -0.2) is 14.4 Å². The quantitative estimate of drug-likeness (QED) is 0.336. The minimum Gasteiger partial charge on any atom is -0.478 e. The van der Waals surface area contributed by atoms with Crippen LogP contribution < -0.4 is 0 Å². The van der Waals surface area contributed by atoms with E-state index in [1.807, 2.05) is 0 Å². The summed E-state index contributed by atoms with van der Waals surface area (Å²) >= 11 is 0. The highest BCUT2D eigenvalue weighted by Gasteiger charge is 2.04. The first-order valence-corrected chi connectivity index (χ1v) is 6.72. The van der Waals surface area contributed by atoms with Crippen molar-refractivity contribution in [2.24, 2.45) is 0 Å². The SMILES string of the molecule is C=C(C)C(=O)OC=C(C)C(=O)O.C=C(C)C(=O)OCCCC. The number of carbonyl (C=O) groups is 3. The molecule has 1 N–H and O–H groups in total. The van der Waals surface area contributed by atoms with E-state index in [0.29, 0.717) is 12.2 Å². The average molecular weight is 312 g/mol. The van der Waals surface area contributed by atoms with Crippen LogP contribution in [0.4, 0.5) is 0 Å². The van der Waals surface area contributed by atoms with E-state index < -0.39 is 11.9 Å². The van der Waals surface area contributed by atoms with Gasteiger partial charge >= 0.3 is 17.9 Å². The van der Waals surface area contributed by atoms with Crippen LogP contribution in [-0.2, 0) is 23.9 Å². The van der Waals surface area contributed by atoms with Gasteiger partial charge in [0.2, 0.25) is 0 Å². The lowest BCUT2D eigenvalue weighted by Gasteiger charge is -2.01. The third kappa shape index (κ3) is 12.7. The summed E-state index contributed by atoms with van der Waals surface area (Å²) in [5.41, 5.74) is 0.658. The molecule has 0 aromatic carbocycles. The molecule has 6 heteroatoms. The first-order chi connectivity index (χ1) is 10.1. The second kappa shape index (κ2) is 12.4. The Hall–Kier alpha value is -2.37. The van der Waals surface area contributed by atoms with Crippen LogP contribution in [-0.4, -0.2) is 29.6 Å². The number of carboxylic acid groups (broad SMARTS) is 1. The molecular weight excluding hydrogens is 288 g/mol. The van der Waals surface area contributed by atoms with E-state index in [9.17, 15) is 14.4 Å². The normalized spacial score (nSPS) is 9.91. The van der Waals surface area contributed by atoms with E-state index >= 15 is 0 Å². The molecule has 0 radical (unpaired) electrons. The van der Waals surface area contributed by atoms with E-state index in [0.717, 1.165) is 19.1 Å². The van der Waals surface area contributed by atoms with Crippen LogP contribution in [0.15, 0.2) is 36.1 Å². The van der Waals surface area contributed by atoms with Gasteiger partial charge in [0.15, 0.2) is 0 Å². The first-order valence-electron chi connectivity index (χ1n) is 6.72. The van der Waals surface area contributed by atoms with E-state index in [2.05, 4.69) is 24.8 Å². The monoisotopic (exact) mass is 312 g/mol. The summed E-state index contributed by atoms with van der Waals surface area (Å²) in [6.07, 6.45) is 2.86. The van der Waals surface area contributed by atoms with Gasteiger partial charge in [-0.15, -0.1) is 0 Å².